The lowest BCUT2D eigenvalue weighted by atomic mass is 9.98. The number of aliphatic hydroxyl groups excluding tert-OH is 1. The molecule has 4 aromatic carbocycles. The van der Waals surface area contributed by atoms with Crippen LogP contribution in [-0.4, -0.2) is 33.9 Å². The normalized spacial score (nSPS) is 18.4. The van der Waals surface area contributed by atoms with Crippen LogP contribution in [0.3, 0.4) is 0 Å². The minimum Gasteiger partial charge on any atom is -0.478 e. The highest BCUT2D eigenvalue weighted by molar-refractivity contribution is 7.99. The molecule has 1 aliphatic heterocycles. The average molecular weight is 584 g/mol. The van der Waals surface area contributed by atoms with Gasteiger partial charge < -0.3 is 25.0 Å². The topological polar surface area (TPSA) is 105 Å². The zero-order chi connectivity index (χ0) is 29.5. The van der Waals surface area contributed by atoms with E-state index in [0.717, 1.165) is 33.4 Å². The average Bonchev–Trinajstić information content (AvgIpc) is 3.03. The minimum atomic E-state index is -0.954. The van der Waals surface area contributed by atoms with Crippen molar-refractivity contribution in [2.24, 2.45) is 0 Å². The van der Waals surface area contributed by atoms with Crippen LogP contribution in [0, 0.1) is 0 Å². The number of hydrogen-bond acceptors (Lipinski definition) is 6. The largest absolute Gasteiger partial charge is 0.478 e. The Kier molecular flexibility index (Phi) is 9.71. The van der Waals surface area contributed by atoms with E-state index in [1.54, 1.807) is 12.1 Å². The first kappa shape index (κ1) is 29.5. The van der Waals surface area contributed by atoms with Crippen molar-refractivity contribution < 1.29 is 29.3 Å². The molecule has 0 bridgehead atoms. The number of nitrogens with one attached hydrogen (secondary N) is 1. The number of amides is 1. The number of aliphatic hydroxyl groups is 1. The maximum Gasteiger partial charge on any atom is 0.336 e. The van der Waals surface area contributed by atoms with Crippen molar-refractivity contribution in [2.75, 3.05) is 5.75 Å². The first-order chi connectivity index (χ1) is 20.4. The summed E-state index contributed by atoms with van der Waals surface area (Å²) in [4.78, 5) is 23.9. The van der Waals surface area contributed by atoms with Crippen LogP contribution in [0.25, 0.3) is 11.1 Å². The Hall–Kier alpha value is -3.95. The molecule has 1 saturated heterocycles. The van der Waals surface area contributed by atoms with Gasteiger partial charge in [0.25, 0.3) is 0 Å². The lowest BCUT2D eigenvalue weighted by Gasteiger charge is -2.36. The molecule has 0 aromatic heterocycles. The summed E-state index contributed by atoms with van der Waals surface area (Å²) >= 11 is 1.47. The first-order valence-corrected chi connectivity index (χ1v) is 14.8. The summed E-state index contributed by atoms with van der Waals surface area (Å²) in [6.07, 6.45) is -0.456. The summed E-state index contributed by atoms with van der Waals surface area (Å²) in [6, 6.07) is 30.7. The second-order valence-electron chi connectivity index (χ2n) is 10.2. The van der Waals surface area contributed by atoms with Crippen LogP contribution < -0.4 is 5.32 Å². The smallest absolute Gasteiger partial charge is 0.336 e. The molecular weight excluding hydrogens is 550 g/mol. The number of carbonyl (C=O) groups excluding carboxylic acids is 1. The van der Waals surface area contributed by atoms with Crippen LogP contribution in [-0.2, 0) is 27.4 Å². The molecule has 42 heavy (non-hydrogen) atoms. The molecular formula is C34H33NO6S. The van der Waals surface area contributed by atoms with E-state index in [1.165, 1.54) is 18.7 Å². The summed E-state index contributed by atoms with van der Waals surface area (Å²) in [7, 11) is 0. The predicted octanol–water partition coefficient (Wildman–Crippen LogP) is 6.52. The Bertz CT molecular complexity index is 1520. The third-order valence-electron chi connectivity index (χ3n) is 7.20. The molecule has 3 atom stereocenters. The van der Waals surface area contributed by atoms with Gasteiger partial charge in [0, 0.05) is 36.1 Å². The van der Waals surface area contributed by atoms with Gasteiger partial charge in [0.05, 0.1) is 24.4 Å². The third kappa shape index (κ3) is 7.27. The number of aromatic carboxylic acids is 1. The first-order valence-electron chi connectivity index (χ1n) is 13.8. The zero-order valence-corrected chi connectivity index (χ0v) is 24.1. The molecule has 1 heterocycles. The molecule has 1 aliphatic rings. The van der Waals surface area contributed by atoms with Gasteiger partial charge in [-0.05, 0) is 39.9 Å². The highest BCUT2D eigenvalue weighted by atomic mass is 32.2. The second kappa shape index (κ2) is 13.8. The number of hydrogen-bond donors (Lipinski definition) is 3. The summed E-state index contributed by atoms with van der Waals surface area (Å²) in [6.45, 7) is 1.93. The Morgan fingerprint density at radius 1 is 0.881 bits per heavy atom. The van der Waals surface area contributed by atoms with Crippen molar-refractivity contribution in [2.45, 2.75) is 49.9 Å². The molecule has 0 saturated carbocycles. The third-order valence-corrected chi connectivity index (χ3v) is 8.40. The van der Waals surface area contributed by atoms with E-state index < -0.39 is 12.3 Å². The van der Waals surface area contributed by atoms with Crippen molar-refractivity contribution in [3.05, 3.63) is 125 Å². The van der Waals surface area contributed by atoms with Crippen LogP contribution in [0.5, 0.6) is 0 Å². The summed E-state index contributed by atoms with van der Waals surface area (Å²) in [5.74, 6) is -0.472. The Morgan fingerprint density at radius 2 is 1.57 bits per heavy atom. The Morgan fingerprint density at radius 3 is 2.29 bits per heavy atom. The molecule has 1 amide bonds. The Balaban J connectivity index is 1.37. The van der Waals surface area contributed by atoms with Gasteiger partial charge in [-0.15, -0.1) is 11.8 Å². The van der Waals surface area contributed by atoms with Crippen molar-refractivity contribution in [1.82, 2.24) is 5.32 Å². The lowest BCUT2D eigenvalue weighted by Crippen LogP contribution is -2.31. The summed E-state index contributed by atoms with van der Waals surface area (Å²) < 4.78 is 12.9. The fourth-order valence-electron chi connectivity index (χ4n) is 4.97. The molecule has 0 spiro atoms. The fraction of sp³-hybridized carbons (Fsp3) is 0.235. The zero-order valence-electron chi connectivity index (χ0n) is 23.2. The number of rotatable bonds is 10. The van der Waals surface area contributed by atoms with Crippen molar-refractivity contribution in [3.8, 4) is 11.1 Å². The van der Waals surface area contributed by atoms with Crippen LogP contribution in [0.4, 0.5) is 0 Å². The van der Waals surface area contributed by atoms with Gasteiger partial charge in [0.15, 0.2) is 6.29 Å². The predicted molar refractivity (Wildman–Crippen MR) is 162 cm³/mol. The second-order valence-corrected chi connectivity index (χ2v) is 11.2. The fourth-order valence-corrected chi connectivity index (χ4v) is 6.04. The quantitative estimate of drug-likeness (QED) is 0.183. The highest BCUT2D eigenvalue weighted by Gasteiger charge is 2.32. The minimum absolute atomic E-state index is 0.0277. The molecule has 1 fully saturated rings. The molecule has 4 aromatic rings. The lowest BCUT2D eigenvalue weighted by molar-refractivity contribution is -0.245. The van der Waals surface area contributed by atoms with Crippen molar-refractivity contribution in [1.29, 1.82) is 0 Å². The van der Waals surface area contributed by atoms with E-state index in [1.807, 2.05) is 84.9 Å². The van der Waals surface area contributed by atoms with Crippen LogP contribution in [0.15, 0.2) is 102 Å². The van der Waals surface area contributed by atoms with Gasteiger partial charge in [-0.3, -0.25) is 4.79 Å². The number of thioether (sulfide) groups is 1. The number of carboxylic acids is 1. The van der Waals surface area contributed by atoms with Gasteiger partial charge in [-0.1, -0.05) is 84.9 Å². The van der Waals surface area contributed by atoms with Crippen LogP contribution >= 0.6 is 11.8 Å². The maximum absolute atomic E-state index is 11.7. The van der Waals surface area contributed by atoms with Gasteiger partial charge in [-0.25, -0.2) is 4.79 Å². The van der Waals surface area contributed by atoms with E-state index >= 15 is 0 Å². The number of benzene rings is 4. The van der Waals surface area contributed by atoms with E-state index in [4.69, 9.17) is 9.47 Å². The molecule has 3 unspecified atom stereocenters. The highest BCUT2D eigenvalue weighted by Crippen LogP contribution is 2.40. The standard InChI is InChI=1S/C34H33NO6S/c1-22(37)35-19-27-6-2-3-7-29(27)24-14-16-26(17-15-24)34-40-28(21-42-32-9-5-4-8-30(32)33(38)39)18-31(41-34)25-12-10-23(20-36)11-13-25/h2-17,28,31,34,36H,18-21H2,1H3,(H,35,37)(H,38,39). The number of carboxylic acid groups (broad SMARTS) is 1. The molecule has 3 N–H and O–H groups in total. The van der Waals surface area contributed by atoms with E-state index in [9.17, 15) is 19.8 Å². The van der Waals surface area contributed by atoms with Crippen molar-refractivity contribution >= 4 is 23.6 Å². The van der Waals surface area contributed by atoms with Crippen LogP contribution in [0.1, 0.15) is 58.4 Å². The van der Waals surface area contributed by atoms with Gasteiger partial charge in [0.1, 0.15) is 0 Å². The molecule has 0 radical (unpaired) electrons. The summed E-state index contributed by atoms with van der Waals surface area (Å²) in [5, 5.41) is 21.9. The van der Waals surface area contributed by atoms with Crippen LogP contribution in [0.2, 0.25) is 0 Å². The molecule has 5 rings (SSSR count). The van der Waals surface area contributed by atoms with E-state index in [0.29, 0.717) is 23.6 Å². The SMILES string of the molecule is CC(=O)NCc1ccccc1-c1ccc(C2OC(CSc3ccccc3C(=O)O)CC(c3ccc(CO)cc3)O2)cc1. The van der Waals surface area contributed by atoms with Gasteiger partial charge >= 0.3 is 5.97 Å². The summed E-state index contributed by atoms with van der Waals surface area (Å²) in [5.41, 5.74) is 6.04. The van der Waals surface area contributed by atoms with Gasteiger partial charge in [-0.2, -0.15) is 0 Å². The van der Waals surface area contributed by atoms with E-state index in [2.05, 4.69) is 5.32 Å². The maximum atomic E-state index is 11.7. The van der Waals surface area contributed by atoms with Gasteiger partial charge in [0.2, 0.25) is 5.91 Å². The molecule has 0 aliphatic carbocycles. The van der Waals surface area contributed by atoms with E-state index in [-0.39, 0.29) is 30.3 Å². The number of ether oxygens (including phenoxy) is 2. The molecule has 216 valence electrons. The number of carbonyl (C=O) groups is 2. The van der Waals surface area contributed by atoms with Crippen molar-refractivity contribution in [3.63, 3.8) is 0 Å². The molecule has 8 heteroatoms. The Labute approximate surface area is 249 Å². The molecule has 7 nitrogen and oxygen atoms in total. The monoisotopic (exact) mass is 583 g/mol.